The minimum absolute atomic E-state index is 0.147. The Bertz CT molecular complexity index is 794. The van der Waals surface area contributed by atoms with Gasteiger partial charge >= 0.3 is 0 Å². The minimum Gasteiger partial charge on any atom is -0.377 e. The molecule has 0 aliphatic carbocycles. The number of hydrogen-bond donors (Lipinski definition) is 2. The van der Waals surface area contributed by atoms with E-state index in [1.807, 2.05) is 23.1 Å². The molecule has 1 fully saturated rings. The molecule has 2 atom stereocenters. The van der Waals surface area contributed by atoms with Crippen LogP contribution in [-0.2, 0) is 17.8 Å². The van der Waals surface area contributed by atoms with Crippen LogP contribution >= 0.6 is 0 Å². The van der Waals surface area contributed by atoms with Gasteiger partial charge in [-0.25, -0.2) is 4.99 Å². The Morgan fingerprint density at radius 1 is 1.20 bits per heavy atom. The number of guanidine groups is 1. The molecule has 30 heavy (non-hydrogen) atoms. The fourth-order valence-electron chi connectivity index (χ4n) is 4.18. The van der Waals surface area contributed by atoms with E-state index in [9.17, 15) is 0 Å². The Kier molecular flexibility index (Phi) is 7.91. The van der Waals surface area contributed by atoms with E-state index in [4.69, 9.17) is 9.73 Å². The Labute approximate surface area is 181 Å². The summed E-state index contributed by atoms with van der Waals surface area (Å²) in [4.78, 5) is 4.87. The van der Waals surface area contributed by atoms with Crippen LogP contribution in [0.2, 0.25) is 0 Å². The number of nitrogens with zero attached hydrogens (tertiary/aromatic N) is 3. The normalized spacial score (nSPS) is 20.2. The monoisotopic (exact) mass is 411 g/mol. The van der Waals surface area contributed by atoms with Crippen molar-refractivity contribution in [1.29, 1.82) is 0 Å². The first-order valence-corrected chi connectivity index (χ1v) is 11.2. The van der Waals surface area contributed by atoms with Crippen LogP contribution in [0, 0.1) is 11.3 Å². The zero-order valence-electron chi connectivity index (χ0n) is 18.9. The average Bonchev–Trinajstić information content (AvgIpc) is 3.24. The average molecular weight is 412 g/mol. The summed E-state index contributed by atoms with van der Waals surface area (Å²) >= 11 is 0. The lowest BCUT2D eigenvalue weighted by Crippen LogP contribution is -2.47. The first-order valence-electron chi connectivity index (χ1n) is 11.2. The van der Waals surface area contributed by atoms with Gasteiger partial charge in [-0.05, 0) is 42.4 Å². The van der Waals surface area contributed by atoms with Gasteiger partial charge in [-0.3, -0.25) is 4.68 Å². The molecule has 2 N–H and O–H groups in total. The van der Waals surface area contributed by atoms with Gasteiger partial charge in [0.25, 0.3) is 0 Å². The van der Waals surface area contributed by atoms with Crippen molar-refractivity contribution in [3.05, 3.63) is 53.9 Å². The molecule has 6 heteroatoms. The van der Waals surface area contributed by atoms with Crippen LogP contribution in [0.1, 0.15) is 51.7 Å². The van der Waals surface area contributed by atoms with Gasteiger partial charge in [0.05, 0.1) is 19.2 Å². The highest BCUT2D eigenvalue weighted by atomic mass is 16.5. The van der Waals surface area contributed by atoms with Gasteiger partial charge < -0.3 is 15.4 Å². The van der Waals surface area contributed by atoms with E-state index in [-0.39, 0.29) is 11.5 Å². The van der Waals surface area contributed by atoms with E-state index in [0.717, 1.165) is 38.6 Å². The number of benzene rings is 1. The molecule has 0 bridgehead atoms. The summed E-state index contributed by atoms with van der Waals surface area (Å²) in [5.41, 5.74) is 2.61. The molecule has 3 rings (SSSR count). The van der Waals surface area contributed by atoms with Gasteiger partial charge in [-0.2, -0.15) is 5.10 Å². The number of ether oxygens (including phenoxy) is 1. The highest BCUT2D eigenvalue weighted by molar-refractivity contribution is 5.79. The number of nitrogens with one attached hydrogen (secondary N) is 2. The summed E-state index contributed by atoms with van der Waals surface area (Å²) in [6.07, 6.45) is 6.41. The minimum atomic E-state index is 0.147. The molecule has 2 unspecified atom stereocenters. The summed E-state index contributed by atoms with van der Waals surface area (Å²) in [6.45, 7) is 12.9. The smallest absolute Gasteiger partial charge is 0.191 e. The van der Waals surface area contributed by atoms with E-state index < -0.39 is 0 Å². The highest BCUT2D eigenvalue weighted by Crippen LogP contribution is 2.33. The van der Waals surface area contributed by atoms with Gasteiger partial charge in [0.2, 0.25) is 0 Å². The van der Waals surface area contributed by atoms with Crippen LogP contribution in [0.4, 0.5) is 0 Å². The van der Waals surface area contributed by atoms with Gasteiger partial charge in [0.15, 0.2) is 5.96 Å². The summed E-state index contributed by atoms with van der Waals surface area (Å²) in [7, 11) is 0. The second-order valence-corrected chi connectivity index (χ2v) is 9.11. The lowest BCUT2D eigenvalue weighted by atomic mass is 9.78. The standard InChI is InChI=1S/C24H37N5O/c1-5-25-23(27-17-20-12-8-15-30-22(20)24(2,3)4)26-16-19-10-6-7-11-21(19)18-29-14-9-13-28-29/h6-7,9-11,13-14,20,22H,5,8,12,15-18H2,1-4H3,(H2,25,26,27). The van der Waals surface area contributed by atoms with Crippen LogP contribution < -0.4 is 10.6 Å². The third kappa shape index (κ3) is 6.33. The first kappa shape index (κ1) is 22.3. The second-order valence-electron chi connectivity index (χ2n) is 9.11. The fourth-order valence-corrected chi connectivity index (χ4v) is 4.18. The van der Waals surface area contributed by atoms with Crippen LogP contribution in [0.25, 0.3) is 0 Å². The Balaban J connectivity index is 1.65. The third-order valence-electron chi connectivity index (χ3n) is 5.59. The molecule has 0 amide bonds. The quantitative estimate of drug-likeness (QED) is 0.537. The van der Waals surface area contributed by atoms with Crippen molar-refractivity contribution >= 4 is 5.96 Å². The molecule has 0 saturated carbocycles. The molecule has 0 spiro atoms. The zero-order valence-corrected chi connectivity index (χ0v) is 18.9. The van der Waals surface area contributed by atoms with Crippen LogP contribution in [0.3, 0.4) is 0 Å². The molecule has 0 radical (unpaired) electrons. The molecule has 1 aliphatic rings. The fraction of sp³-hybridized carbons (Fsp3) is 0.583. The van der Waals surface area contributed by atoms with Crippen molar-refractivity contribution in [2.75, 3.05) is 19.7 Å². The first-order chi connectivity index (χ1) is 14.5. The summed E-state index contributed by atoms with van der Waals surface area (Å²) in [6, 6.07) is 10.4. The van der Waals surface area contributed by atoms with Crippen molar-refractivity contribution in [2.45, 2.75) is 59.7 Å². The van der Waals surface area contributed by atoms with Crippen LogP contribution in [-0.4, -0.2) is 41.5 Å². The van der Waals surface area contributed by atoms with Gasteiger partial charge in [0.1, 0.15) is 0 Å². The third-order valence-corrected chi connectivity index (χ3v) is 5.59. The van der Waals surface area contributed by atoms with E-state index in [0.29, 0.717) is 12.5 Å². The van der Waals surface area contributed by atoms with E-state index in [1.165, 1.54) is 17.5 Å². The van der Waals surface area contributed by atoms with Gasteiger partial charge in [0, 0.05) is 38.0 Å². The highest BCUT2D eigenvalue weighted by Gasteiger charge is 2.35. The summed E-state index contributed by atoms with van der Waals surface area (Å²) in [5, 5.41) is 11.3. The predicted octanol–water partition coefficient (Wildman–Crippen LogP) is 3.83. The molecule has 6 nitrogen and oxygen atoms in total. The predicted molar refractivity (Wildman–Crippen MR) is 123 cm³/mol. The lowest BCUT2D eigenvalue weighted by molar-refractivity contribution is -0.0835. The van der Waals surface area contributed by atoms with Crippen molar-refractivity contribution in [3.8, 4) is 0 Å². The SMILES string of the molecule is CCNC(=NCc1ccccc1Cn1cccn1)NCC1CCCOC1C(C)(C)C. The van der Waals surface area contributed by atoms with E-state index >= 15 is 0 Å². The number of aliphatic imine (C=N–C) groups is 1. The summed E-state index contributed by atoms with van der Waals surface area (Å²) in [5.74, 6) is 1.36. The molecule has 2 aromatic rings. The Morgan fingerprint density at radius 2 is 2.00 bits per heavy atom. The number of aromatic nitrogens is 2. The van der Waals surface area contributed by atoms with Crippen LogP contribution in [0.15, 0.2) is 47.7 Å². The second kappa shape index (κ2) is 10.6. The maximum absolute atomic E-state index is 6.13. The van der Waals surface area contributed by atoms with Crippen molar-refractivity contribution < 1.29 is 4.74 Å². The number of hydrogen-bond acceptors (Lipinski definition) is 3. The molecule has 1 aromatic heterocycles. The largest absolute Gasteiger partial charge is 0.377 e. The lowest BCUT2D eigenvalue weighted by Gasteiger charge is -2.40. The molecule has 2 heterocycles. The van der Waals surface area contributed by atoms with Crippen molar-refractivity contribution in [1.82, 2.24) is 20.4 Å². The molecule has 1 saturated heterocycles. The summed E-state index contributed by atoms with van der Waals surface area (Å²) < 4.78 is 8.08. The van der Waals surface area contributed by atoms with E-state index in [1.54, 1.807) is 0 Å². The Hall–Kier alpha value is -2.34. The molecule has 1 aromatic carbocycles. The number of rotatable bonds is 7. The van der Waals surface area contributed by atoms with Crippen molar-refractivity contribution in [3.63, 3.8) is 0 Å². The van der Waals surface area contributed by atoms with Crippen LogP contribution in [0.5, 0.6) is 0 Å². The van der Waals surface area contributed by atoms with Gasteiger partial charge in [-0.1, -0.05) is 45.0 Å². The molecular formula is C24H37N5O. The maximum Gasteiger partial charge on any atom is 0.191 e. The molecule has 164 valence electrons. The Morgan fingerprint density at radius 3 is 2.70 bits per heavy atom. The topological polar surface area (TPSA) is 63.5 Å². The van der Waals surface area contributed by atoms with Gasteiger partial charge in [-0.15, -0.1) is 0 Å². The maximum atomic E-state index is 6.13. The zero-order chi connectivity index (χ0) is 21.4. The molecular weight excluding hydrogens is 374 g/mol. The molecule has 1 aliphatic heterocycles. The van der Waals surface area contributed by atoms with E-state index in [2.05, 4.69) is 67.7 Å². The van der Waals surface area contributed by atoms with Crippen molar-refractivity contribution in [2.24, 2.45) is 16.3 Å².